The van der Waals surface area contributed by atoms with E-state index < -0.39 is 21.9 Å². The Balaban J connectivity index is 1.95. The molecule has 0 aliphatic carbocycles. The molecule has 0 saturated carbocycles. The molecule has 2 atom stereocenters. The highest BCUT2D eigenvalue weighted by Crippen LogP contribution is 2.49. The maximum atomic E-state index is 13.8. The minimum atomic E-state index is -3.92. The highest BCUT2D eigenvalue weighted by atomic mass is 35.5. The average Bonchev–Trinajstić information content (AvgIpc) is 2.82. The zero-order valence-electron chi connectivity index (χ0n) is 18.4. The number of methoxy groups -OCH3 is 2. The second-order valence-corrected chi connectivity index (χ2v) is 10.2. The van der Waals surface area contributed by atoms with Gasteiger partial charge in [-0.15, -0.1) is 0 Å². The van der Waals surface area contributed by atoms with Crippen molar-refractivity contribution in [2.45, 2.75) is 23.7 Å². The van der Waals surface area contributed by atoms with Crippen molar-refractivity contribution in [3.05, 3.63) is 82.4 Å². The van der Waals surface area contributed by atoms with Gasteiger partial charge in [0.2, 0.25) is 0 Å². The number of nitrogens with zero attached hydrogens (tertiary/aromatic N) is 2. The van der Waals surface area contributed by atoms with E-state index in [9.17, 15) is 13.7 Å². The molecule has 0 saturated heterocycles. The van der Waals surface area contributed by atoms with E-state index in [0.717, 1.165) is 11.1 Å². The lowest BCUT2D eigenvalue weighted by Gasteiger charge is -2.38. The zero-order chi connectivity index (χ0) is 23.8. The number of hydrogen-bond acceptors (Lipinski definition) is 5. The van der Waals surface area contributed by atoms with E-state index >= 15 is 0 Å². The van der Waals surface area contributed by atoms with Gasteiger partial charge >= 0.3 is 0 Å². The molecule has 1 heterocycles. The highest BCUT2D eigenvalue weighted by molar-refractivity contribution is 7.92. The fourth-order valence-corrected chi connectivity index (χ4v) is 5.82. The van der Waals surface area contributed by atoms with Crippen LogP contribution in [0.2, 0.25) is 5.02 Å². The minimum Gasteiger partial charge on any atom is -0.493 e. The second kappa shape index (κ2) is 8.97. The quantitative estimate of drug-likeness (QED) is 0.495. The number of ether oxygens (including phenoxy) is 2. The van der Waals surface area contributed by atoms with Crippen molar-refractivity contribution >= 4 is 27.3 Å². The first-order valence-corrected chi connectivity index (χ1v) is 12.1. The minimum absolute atomic E-state index is 0.0958. The van der Waals surface area contributed by atoms with Crippen molar-refractivity contribution in [3.8, 4) is 17.6 Å². The molecule has 0 unspecified atom stereocenters. The van der Waals surface area contributed by atoms with E-state index in [0.29, 0.717) is 27.8 Å². The lowest BCUT2D eigenvalue weighted by atomic mass is 9.79. The Morgan fingerprint density at radius 3 is 2.18 bits per heavy atom. The molecule has 0 fully saturated rings. The summed E-state index contributed by atoms with van der Waals surface area (Å²) in [6, 6.07) is 19.6. The molecule has 4 rings (SSSR count). The van der Waals surface area contributed by atoms with Crippen molar-refractivity contribution in [3.63, 3.8) is 0 Å². The van der Waals surface area contributed by atoms with Crippen LogP contribution in [0.5, 0.6) is 11.5 Å². The number of hydrogen-bond donors (Lipinski definition) is 0. The van der Waals surface area contributed by atoms with Crippen LogP contribution in [0.25, 0.3) is 0 Å². The Morgan fingerprint density at radius 2 is 1.61 bits per heavy atom. The molecular weight excluding hydrogens is 460 g/mol. The largest absolute Gasteiger partial charge is 0.493 e. The van der Waals surface area contributed by atoms with Crippen LogP contribution in [-0.4, -0.2) is 29.2 Å². The number of aryl methyl sites for hydroxylation is 1. The molecule has 0 amide bonds. The maximum Gasteiger partial charge on any atom is 0.264 e. The fraction of sp³-hybridized carbons (Fsp3) is 0.240. The summed E-state index contributed by atoms with van der Waals surface area (Å²) in [6.45, 7) is 2.00. The van der Waals surface area contributed by atoms with Crippen LogP contribution in [-0.2, 0) is 10.0 Å². The predicted octanol–water partition coefficient (Wildman–Crippen LogP) is 5.27. The third-order valence-electron chi connectivity index (χ3n) is 5.95. The van der Waals surface area contributed by atoms with Crippen molar-refractivity contribution in [1.29, 1.82) is 5.26 Å². The van der Waals surface area contributed by atoms with Crippen molar-refractivity contribution < 1.29 is 17.9 Å². The van der Waals surface area contributed by atoms with Crippen molar-refractivity contribution in [2.24, 2.45) is 0 Å². The van der Waals surface area contributed by atoms with Gasteiger partial charge < -0.3 is 9.47 Å². The summed E-state index contributed by atoms with van der Waals surface area (Å²) >= 11 is 6.07. The molecule has 1 aliphatic heterocycles. The first-order chi connectivity index (χ1) is 15.8. The Labute approximate surface area is 199 Å². The third kappa shape index (κ3) is 4.12. The van der Waals surface area contributed by atoms with Crippen molar-refractivity contribution in [2.75, 3.05) is 25.1 Å². The van der Waals surface area contributed by atoms with Crippen LogP contribution in [0.1, 0.15) is 28.5 Å². The smallest absolute Gasteiger partial charge is 0.264 e. The van der Waals surface area contributed by atoms with Crippen molar-refractivity contribution in [1.82, 2.24) is 0 Å². The monoisotopic (exact) mass is 482 g/mol. The molecule has 6 nitrogen and oxygen atoms in total. The van der Waals surface area contributed by atoms with E-state index in [1.165, 1.54) is 18.5 Å². The molecule has 0 N–H and O–H groups in total. The molecule has 170 valence electrons. The maximum absolute atomic E-state index is 13.8. The van der Waals surface area contributed by atoms with E-state index in [4.69, 9.17) is 21.1 Å². The molecule has 3 aromatic carbocycles. The van der Waals surface area contributed by atoms with Crippen LogP contribution in [0.3, 0.4) is 0 Å². The standard InChI is InChI=1S/C25H23ClN2O4S/c1-16-4-10-19(11-5-16)33(29,30)28-15-22(17-6-8-18(26)9-7-17)21(14-27)20-12-24(31-2)25(32-3)13-23(20)28/h4-13,21-22H,15H2,1-3H3/t21-,22+/m1/s1. The summed E-state index contributed by atoms with van der Waals surface area (Å²) in [7, 11) is -0.920. The third-order valence-corrected chi connectivity index (χ3v) is 7.99. The number of sulfonamides is 1. The van der Waals surface area contributed by atoms with Crippen LogP contribution < -0.4 is 13.8 Å². The molecule has 8 heteroatoms. The Morgan fingerprint density at radius 1 is 1.00 bits per heavy atom. The molecule has 0 bridgehead atoms. The van der Waals surface area contributed by atoms with Gasteiger partial charge in [-0.25, -0.2) is 8.42 Å². The van der Waals surface area contributed by atoms with E-state index in [1.54, 1.807) is 48.5 Å². The topological polar surface area (TPSA) is 79.6 Å². The van der Waals surface area contributed by atoms with Crippen LogP contribution >= 0.6 is 11.6 Å². The number of fused-ring (bicyclic) bond motifs is 1. The van der Waals surface area contributed by atoms with Gasteiger partial charge in [0, 0.05) is 23.6 Å². The molecule has 3 aromatic rings. The van der Waals surface area contributed by atoms with E-state index in [1.807, 2.05) is 19.1 Å². The molecule has 0 aromatic heterocycles. The van der Waals surface area contributed by atoms with Gasteiger partial charge in [-0.05, 0) is 48.4 Å². The lowest BCUT2D eigenvalue weighted by Crippen LogP contribution is -2.40. The number of benzene rings is 3. The van der Waals surface area contributed by atoms with Crippen LogP contribution in [0.15, 0.2) is 65.6 Å². The van der Waals surface area contributed by atoms with Gasteiger partial charge in [-0.3, -0.25) is 4.31 Å². The summed E-state index contributed by atoms with van der Waals surface area (Å²) in [4.78, 5) is 0.180. The molecule has 0 spiro atoms. The number of rotatable bonds is 5. The predicted molar refractivity (Wildman–Crippen MR) is 128 cm³/mol. The summed E-state index contributed by atoms with van der Waals surface area (Å²) in [5.41, 5.74) is 2.76. The summed E-state index contributed by atoms with van der Waals surface area (Å²) in [6.07, 6.45) is 0. The highest BCUT2D eigenvalue weighted by Gasteiger charge is 2.41. The van der Waals surface area contributed by atoms with Gasteiger partial charge in [-0.2, -0.15) is 5.26 Å². The Kier molecular flexibility index (Phi) is 6.24. The molecular formula is C25H23ClN2O4S. The second-order valence-electron chi connectivity index (χ2n) is 7.88. The number of nitriles is 1. The lowest BCUT2D eigenvalue weighted by molar-refractivity contribution is 0.354. The molecule has 1 aliphatic rings. The summed E-state index contributed by atoms with van der Waals surface area (Å²) in [5.74, 6) is -0.175. The average molecular weight is 483 g/mol. The van der Waals surface area contributed by atoms with Crippen LogP contribution in [0, 0.1) is 18.3 Å². The molecule has 33 heavy (non-hydrogen) atoms. The Bertz CT molecular complexity index is 1320. The number of halogens is 1. The van der Waals surface area contributed by atoms with Gasteiger partial charge in [0.05, 0.1) is 36.8 Å². The normalized spacial score (nSPS) is 17.7. The molecule has 0 radical (unpaired) electrons. The number of anilines is 1. The first-order valence-electron chi connectivity index (χ1n) is 10.3. The van der Waals surface area contributed by atoms with Gasteiger partial charge in [-0.1, -0.05) is 41.4 Å². The summed E-state index contributed by atoms with van der Waals surface area (Å²) in [5, 5.41) is 10.7. The zero-order valence-corrected chi connectivity index (χ0v) is 20.0. The van der Waals surface area contributed by atoms with Crippen LogP contribution in [0.4, 0.5) is 5.69 Å². The van der Waals surface area contributed by atoms with E-state index in [-0.39, 0.29) is 11.4 Å². The van der Waals surface area contributed by atoms with Gasteiger partial charge in [0.15, 0.2) is 11.5 Å². The van der Waals surface area contributed by atoms with E-state index in [2.05, 4.69) is 6.07 Å². The van der Waals surface area contributed by atoms with Gasteiger partial charge in [0.1, 0.15) is 0 Å². The SMILES string of the molecule is COc1cc2c(cc1OC)N(S(=O)(=O)c1ccc(C)cc1)C[C@@H](c1ccc(Cl)cc1)[C@@H]2C#N. The first kappa shape index (κ1) is 23.0. The Hall–Kier alpha value is -3.21. The summed E-state index contributed by atoms with van der Waals surface area (Å²) < 4.78 is 39.8. The van der Waals surface area contributed by atoms with Gasteiger partial charge in [0.25, 0.3) is 10.0 Å². The fourth-order valence-electron chi connectivity index (χ4n) is 4.18.